The highest BCUT2D eigenvalue weighted by atomic mass is 32.2. The number of unbranched alkanes of at least 4 members (excludes halogenated alkanes) is 2. The van der Waals surface area contributed by atoms with Crippen molar-refractivity contribution >= 4 is 23.4 Å². The monoisotopic (exact) mass is 383 g/mol. The summed E-state index contributed by atoms with van der Waals surface area (Å²) in [4.78, 5) is 14.4. The molecule has 0 aromatic heterocycles. The molecule has 1 atom stereocenters. The lowest BCUT2D eigenvalue weighted by atomic mass is 9.92. The molecule has 0 spiro atoms. The summed E-state index contributed by atoms with van der Waals surface area (Å²) < 4.78 is 0. The summed E-state index contributed by atoms with van der Waals surface area (Å²) in [6.45, 7) is 6.51. The minimum atomic E-state index is -0.0631. The summed E-state index contributed by atoms with van der Waals surface area (Å²) in [7, 11) is 0. The van der Waals surface area contributed by atoms with Crippen LogP contribution in [-0.2, 0) is 4.79 Å². The Labute approximate surface area is 169 Å². The van der Waals surface area contributed by atoms with Crippen LogP contribution in [0.2, 0.25) is 0 Å². The maximum absolute atomic E-state index is 13.2. The van der Waals surface area contributed by atoms with E-state index in [0.29, 0.717) is 5.92 Å². The fourth-order valence-corrected chi connectivity index (χ4v) is 4.48. The molecule has 0 aliphatic carbocycles. The van der Waals surface area contributed by atoms with Crippen LogP contribution in [0.3, 0.4) is 0 Å². The molecule has 2 nitrogen and oxygen atoms in total. The fourth-order valence-electron chi connectivity index (χ4n) is 3.24. The van der Waals surface area contributed by atoms with E-state index in [0.717, 1.165) is 18.5 Å². The van der Waals surface area contributed by atoms with E-state index >= 15 is 0 Å². The molecule has 1 amide bonds. The van der Waals surface area contributed by atoms with Crippen molar-refractivity contribution in [1.29, 1.82) is 0 Å². The van der Waals surface area contributed by atoms with Gasteiger partial charge in [0.1, 0.15) is 0 Å². The van der Waals surface area contributed by atoms with Gasteiger partial charge in [0.25, 0.3) is 0 Å². The lowest BCUT2D eigenvalue weighted by Gasteiger charge is -2.26. The number of carbonyl (C=O) groups is 1. The molecule has 27 heavy (non-hydrogen) atoms. The molecule has 0 saturated heterocycles. The molecule has 0 aliphatic heterocycles. The number of aryl methyl sites for hydroxylation is 1. The molecule has 2 aromatic rings. The molecule has 3 heteroatoms. The van der Waals surface area contributed by atoms with E-state index in [2.05, 4.69) is 38.2 Å². The van der Waals surface area contributed by atoms with Crippen molar-refractivity contribution in [2.75, 3.05) is 5.32 Å². The predicted molar refractivity (Wildman–Crippen MR) is 118 cm³/mol. The van der Waals surface area contributed by atoms with Crippen molar-refractivity contribution in [3.63, 3.8) is 0 Å². The summed E-state index contributed by atoms with van der Waals surface area (Å²) >= 11 is 1.72. The zero-order valence-corrected chi connectivity index (χ0v) is 17.7. The van der Waals surface area contributed by atoms with Gasteiger partial charge in [-0.2, -0.15) is 0 Å². The Balaban J connectivity index is 2.19. The molecule has 0 fully saturated rings. The minimum absolute atomic E-state index is 0.0631. The van der Waals surface area contributed by atoms with Crippen molar-refractivity contribution in [3.05, 3.63) is 60.2 Å². The third kappa shape index (κ3) is 7.42. The average molecular weight is 384 g/mol. The van der Waals surface area contributed by atoms with Crippen molar-refractivity contribution in [3.8, 4) is 0 Å². The van der Waals surface area contributed by atoms with Crippen LogP contribution in [0.1, 0.15) is 57.9 Å². The standard InChI is InChI=1S/C24H33NOS/c1-4-6-11-20(12-7-5-2)23(27-22-13-9-8-10-14-22)24(26)25-21-17-15-19(3)16-18-21/h8-10,13-18,20,23H,4-7,11-12H2,1-3H3,(H,25,26). The first-order chi connectivity index (χ1) is 13.1. The smallest absolute Gasteiger partial charge is 0.238 e. The average Bonchev–Trinajstić information content (AvgIpc) is 2.69. The first-order valence-electron chi connectivity index (χ1n) is 10.2. The van der Waals surface area contributed by atoms with Gasteiger partial charge in [-0.05, 0) is 49.9 Å². The molecule has 0 radical (unpaired) electrons. The molecule has 0 aliphatic rings. The van der Waals surface area contributed by atoms with E-state index in [-0.39, 0.29) is 11.2 Å². The molecule has 1 N–H and O–H groups in total. The van der Waals surface area contributed by atoms with E-state index in [1.54, 1.807) is 11.8 Å². The molecular weight excluding hydrogens is 350 g/mol. The first kappa shape index (κ1) is 21.6. The van der Waals surface area contributed by atoms with E-state index in [4.69, 9.17) is 0 Å². The number of anilines is 1. The van der Waals surface area contributed by atoms with Gasteiger partial charge in [0.15, 0.2) is 0 Å². The van der Waals surface area contributed by atoms with Crippen LogP contribution in [0.4, 0.5) is 5.69 Å². The van der Waals surface area contributed by atoms with Gasteiger partial charge in [0, 0.05) is 10.6 Å². The second kappa shape index (κ2) is 11.9. The van der Waals surface area contributed by atoms with Gasteiger partial charge in [-0.15, -0.1) is 11.8 Å². The van der Waals surface area contributed by atoms with E-state index < -0.39 is 0 Å². The van der Waals surface area contributed by atoms with Gasteiger partial charge in [-0.3, -0.25) is 4.79 Å². The second-order valence-corrected chi connectivity index (χ2v) is 8.47. The Kier molecular flexibility index (Phi) is 9.47. The molecule has 2 rings (SSSR count). The largest absolute Gasteiger partial charge is 0.325 e. The van der Waals surface area contributed by atoms with Crippen molar-refractivity contribution in [2.24, 2.45) is 5.92 Å². The molecule has 0 heterocycles. The van der Waals surface area contributed by atoms with Crippen LogP contribution in [0.25, 0.3) is 0 Å². The topological polar surface area (TPSA) is 29.1 Å². The summed E-state index contributed by atoms with van der Waals surface area (Å²) in [6.07, 6.45) is 6.93. The Bertz CT molecular complexity index is 661. The Morgan fingerprint density at radius 2 is 1.52 bits per heavy atom. The number of carbonyl (C=O) groups excluding carboxylic acids is 1. The van der Waals surface area contributed by atoms with Crippen LogP contribution >= 0.6 is 11.8 Å². The number of amides is 1. The lowest BCUT2D eigenvalue weighted by molar-refractivity contribution is -0.116. The van der Waals surface area contributed by atoms with Crippen LogP contribution in [0.15, 0.2) is 59.5 Å². The molecule has 2 aromatic carbocycles. The summed E-state index contributed by atoms with van der Waals surface area (Å²) in [5.74, 6) is 0.533. The number of nitrogens with one attached hydrogen (secondary N) is 1. The van der Waals surface area contributed by atoms with Crippen LogP contribution in [-0.4, -0.2) is 11.2 Å². The minimum Gasteiger partial charge on any atom is -0.325 e. The highest BCUT2D eigenvalue weighted by Gasteiger charge is 2.29. The van der Waals surface area contributed by atoms with Crippen LogP contribution < -0.4 is 5.32 Å². The predicted octanol–water partition coefficient (Wildman–Crippen LogP) is 7.09. The molecule has 146 valence electrons. The second-order valence-electron chi connectivity index (χ2n) is 7.25. The number of rotatable bonds is 11. The first-order valence-corrected chi connectivity index (χ1v) is 11.1. The molecular formula is C24H33NOS. The summed E-state index contributed by atoms with van der Waals surface area (Å²) in [5.41, 5.74) is 2.08. The van der Waals surface area contributed by atoms with E-state index in [9.17, 15) is 4.79 Å². The molecule has 0 bridgehead atoms. The van der Waals surface area contributed by atoms with Gasteiger partial charge in [0.05, 0.1) is 5.25 Å². The van der Waals surface area contributed by atoms with E-state index in [1.165, 1.54) is 36.1 Å². The Hall–Kier alpha value is -1.74. The third-order valence-electron chi connectivity index (χ3n) is 4.87. The van der Waals surface area contributed by atoms with Crippen LogP contribution in [0.5, 0.6) is 0 Å². The maximum atomic E-state index is 13.2. The highest BCUT2D eigenvalue weighted by molar-refractivity contribution is 8.00. The van der Waals surface area contributed by atoms with Gasteiger partial charge in [-0.25, -0.2) is 0 Å². The van der Waals surface area contributed by atoms with Gasteiger partial charge in [-0.1, -0.05) is 75.4 Å². The number of benzene rings is 2. The van der Waals surface area contributed by atoms with Crippen molar-refractivity contribution < 1.29 is 4.79 Å². The number of hydrogen-bond donors (Lipinski definition) is 1. The molecule has 0 saturated carbocycles. The third-order valence-corrected chi connectivity index (χ3v) is 6.27. The zero-order chi connectivity index (χ0) is 19.5. The van der Waals surface area contributed by atoms with Gasteiger partial charge >= 0.3 is 0 Å². The van der Waals surface area contributed by atoms with Gasteiger partial charge in [0.2, 0.25) is 5.91 Å². The Morgan fingerprint density at radius 3 is 2.07 bits per heavy atom. The lowest BCUT2D eigenvalue weighted by Crippen LogP contribution is -2.32. The van der Waals surface area contributed by atoms with E-state index in [1.807, 2.05) is 42.5 Å². The number of thioether (sulfide) groups is 1. The summed E-state index contributed by atoms with van der Waals surface area (Å²) in [6, 6.07) is 18.4. The Morgan fingerprint density at radius 1 is 0.926 bits per heavy atom. The molecule has 1 unspecified atom stereocenters. The van der Waals surface area contributed by atoms with Gasteiger partial charge < -0.3 is 5.32 Å². The number of hydrogen-bond acceptors (Lipinski definition) is 2. The summed E-state index contributed by atoms with van der Waals surface area (Å²) in [5, 5.41) is 3.10. The SMILES string of the molecule is CCCCC(CCCC)C(Sc1ccccc1)C(=O)Nc1ccc(C)cc1. The zero-order valence-electron chi connectivity index (χ0n) is 16.9. The van der Waals surface area contributed by atoms with Crippen molar-refractivity contribution in [2.45, 2.75) is 69.4 Å². The normalized spacial score (nSPS) is 12.1. The highest BCUT2D eigenvalue weighted by Crippen LogP contribution is 2.34. The fraction of sp³-hybridized carbons (Fsp3) is 0.458. The quantitative estimate of drug-likeness (QED) is 0.420. The maximum Gasteiger partial charge on any atom is 0.238 e. The van der Waals surface area contributed by atoms with Crippen LogP contribution in [0, 0.1) is 12.8 Å². The van der Waals surface area contributed by atoms with Crippen molar-refractivity contribution in [1.82, 2.24) is 0 Å².